The molecule has 7 nitrogen and oxygen atoms in total. The van der Waals surface area contributed by atoms with Gasteiger partial charge in [-0.25, -0.2) is 0 Å². The van der Waals surface area contributed by atoms with Crippen molar-refractivity contribution >= 4 is 17.5 Å². The maximum Gasteiger partial charge on any atom is 0.248 e. The molecule has 3 N–H and O–H groups in total. The molecule has 0 radical (unpaired) electrons. The van der Waals surface area contributed by atoms with E-state index in [1.54, 1.807) is 48.5 Å². The van der Waals surface area contributed by atoms with E-state index in [-0.39, 0.29) is 6.54 Å². The summed E-state index contributed by atoms with van der Waals surface area (Å²) in [6, 6.07) is 13.6. The minimum Gasteiger partial charge on any atom is -0.386 e. The number of aromatic nitrogens is 4. The van der Waals surface area contributed by atoms with Crippen LogP contribution >= 0.6 is 11.6 Å². The minimum absolute atomic E-state index is 0.121. The van der Waals surface area contributed by atoms with Crippen LogP contribution in [0.2, 0.25) is 5.02 Å². The number of carbonyl (C=O) groups excluding carboxylic acids is 1. The number of rotatable bonds is 5. The lowest BCUT2D eigenvalue weighted by molar-refractivity contribution is 0.1000. The van der Waals surface area contributed by atoms with Crippen molar-refractivity contribution in [2.45, 2.75) is 12.6 Å². The van der Waals surface area contributed by atoms with Gasteiger partial charge in [0.05, 0.1) is 6.54 Å². The summed E-state index contributed by atoms with van der Waals surface area (Å²) >= 11 is 6.06. The average molecular weight is 344 g/mol. The maximum atomic E-state index is 11.1. The van der Waals surface area contributed by atoms with Crippen LogP contribution in [0.15, 0.2) is 48.5 Å². The molecule has 1 atom stereocenters. The fourth-order valence-corrected chi connectivity index (χ4v) is 2.48. The number of tetrazole rings is 1. The molecule has 24 heavy (non-hydrogen) atoms. The van der Waals surface area contributed by atoms with E-state index in [0.717, 1.165) is 0 Å². The summed E-state index contributed by atoms with van der Waals surface area (Å²) in [5.74, 6) is -0.113. The molecule has 3 aromatic rings. The van der Waals surface area contributed by atoms with Gasteiger partial charge in [-0.3, -0.25) is 4.79 Å². The fraction of sp³-hybridized carbons (Fsp3) is 0.125. The molecule has 0 spiro atoms. The highest BCUT2D eigenvalue weighted by atomic mass is 35.5. The number of nitrogens with two attached hydrogens (primary N) is 1. The van der Waals surface area contributed by atoms with E-state index in [2.05, 4.69) is 15.4 Å². The second-order valence-corrected chi connectivity index (χ2v) is 5.55. The van der Waals surface area contributed by atoms with E-state index in [1.165, 1.54) is 4.80 Å². The van der Waals surface area contributed by atoms with Crippen molar-refractivity contribution in [3.8, 4) is 11.4 Å². The Bertz CT molecular complexity index is 863. The molecule has 1 amide bonds. The summed E-state index contributed by atoms with van der Waals surface area (Å²) in [6.07, 6.45) is -0.849. The van der Waals surface area contributed by atoms with Crippen molar-refractivity contribution in [1.82, 2.24) is 20.2 Å². The van der Waals surface area contributed by atoms with E-state index in [0.29, 0.717) is 27.5 Å². The summed E-state index contributed by atoms with van der Waals surface area (Å²) in [5, 5.41) is 22.8. The maximum absolute atomic E-state index is 11.1. The average Bonchev–Trinajstić information content (AvgIpc) is 3.03. The second kappa shape index (κ2) is 6.77. The molecule has 122 valence electrons. The zero-order chi connectivity index (χ0) is 17.1. The van der Waals surface area contributed by atoms with E-state index in [9.17, 15) is 9.90 Å². The Morgan fingerprint density at radius 3 is 2.58 bits per heavy atom. The van der Waals surface area contributed by atoms with Crippen LogP contribution in [0.5, 0.6) is 0 Å². The molecule has 0 saturated heterocycles. The minimum atomic E-state index is -0.849. The number of aliphatic hydroxyl groups is 1. The molecule has 1 heterocycles. The summed E-state index contributed by atoms with van der Waals surface area (Å²) in [4.78, 5) is 12.4. The third-order valence-electron chi connectivity index (χ3n) is 3.48. The van der Waals surface area contributed by atoms with Crippen LogP contribution in [0.3, 0.4) is 0 Å². The van der Waals surface area contributed by atoms with Gasteiger partial charge in [-0.15, -0.1) is 10.2 Å². The molecule has 3 rings (SSSR count). The summed E-state index contributed by atoms with van der Waals surface area (Å²) in [7, 11) is 0. The normalized spacial score (nSPS) is 12.1. The van der Waals surface area contributed by atoms with Gasteiger partial charge in [0.2, 0.25) is 11.7 Å². The van der Waals surface area contributed by atoms with Crippen molar-refractivity contribution in [2.75, 3.05) is 0 Å². The highest BCUT2D eigenvalue weighted by Crippen LogP contribution is 2.23. The van der Waals surface area contributed by atoms with Crippen LogP contribution in [0.1, 0.15) is 22.0 Å². The lowest BCUT2D eigenvalue weighted by atomic mass is 10.1. The first-order valence-corrected chi connectivity index (χ1v) is 7.53. The van der Waals surface area contributed by atoms with Gasteiger partial charge in [-0.05, 0) is 23.4 Å². The predicted molar refractivity (Wildman–Crippen MR) is 88.2 cm³/mol. The molecule has 1 unspecified atom stereocenters. The number of carbonyl (C=O) groups is 1. The molecule has 0 aliphatic carbocycles. The van der Waals surface area contributed by atoms with Crippen molar-refractivity contribution in [3.63, 3.8) is 0 Å². The third-order valence-corrected chi connectivity index (χ3v) is 3.83. The molecular weight excluding hydrogens is 330 g/mol. The monoisotopic (exact) mass is 343 g/mol. The van der Waals surface area contributed by atoms with Crippen molar-refractivity contribution in [3.05, 3.63) is 64.7 Å². The Morgan fingerprint density at radius 2 is 1.92 bits per heavy atom. The molecule has 0 saturated carbocycles. The van der Waals surface area contributed by atoms with Gasteiger partial charge in [0, 0.05) is 21.7 Å². The standard InChI is InChI=1S/C16H14ClN5O2/c17-13-4-2-1-3-12(13)14(23)9-22-20-16(19-21-22)11-7-5-10(6-8-11)15(18)24/h1-8,14,23H,9H2,(H2,18,24). The van der Waals surface area contributed by atoms with Gasteiger partial charge in [0.15, 0.2) is 0 Å². The Labute approximate surface area is 142 Å². The molecule has 0 aliphatic heterocycles. The number of primary amides is 1. The fourth-order valence-electron chi connectivity index (χ4n) is 2.22. The smallest absolute Gasteiger partial charge is 0.248 e. The quantitative estimate of drug-likeness (QED) is 0.734. The SMILES string of the molecule is NC(=O)c1ccc(-c2nnn(CC(O)c3ccccc3Cl)n2)cc1. The Kier molecular flexibility index (Phi) is 4.54. The summed E-state index contributed by atoms with van der Waals surface area (Å²) in [5.41, 5.74) is 6.90. The molecule has 1 aromatic heterocycles. The summed E-state index contributed by atoms with van der Waals surface area (Å²) < 4.78 is 0. The van der Waals surface area contributed by atoms with Gasteiger partial charge in [0.1, 0.15) is 6.10 Å². The molecule has 0 bridgehead atoms. The molecular formula is C16H14ClN5O2. The topological polar surface area (TPSA) is 107 Å². The third kappa shape index (κ3) is 3.42. The van der Waals surface area contributed by atoms with Crippen LogP contribution < -0.4 is 5.73 Å². The van der Waals surface area contributed by atoms with Crippen molar-refractivity contribution < 1.29 is 9.90 Å². The molecule has 0 aliphatic rings. The summed E-state index contributed by atoms with van der Waals surface area (Å²) in [6.45, 7) is 0.121. The molecule has 2 aromatic carbocycles. The van der Waals surface area contributed by atoms with Crippen LogP contribution in [0.25, 0.3) is 11.4 Å². The van der Waals surface area contributed by atoms with E-state index in [1.807, 2.05) is 0 Å². The van der Waals surface area contributed by atoms with Gasteiger partial charge < -0.3 is 10.8 Å². The highest BCUT2D eigenvalue weighted by molar-refractivity contribution is 6.31. The first-order valence-electron chi connectivity index (χ1n) is 7.15. The largest absolute Gasteiger partial charge is 0.386 e. The van der Waals surface area contributed by atoms with E-state index < -0.39 is 12.0 Å². The van der Waals surface area contributed by atoms with Crippen LogP contribution in [0.4, 0.5) is 0 Å². The Balaban J connectivity index is 1.76. The van der Waals surface area contributed by atoms with E-state index in [4.69, 9.17) is 17.3 Å². The van der Waals surface area contributed by atoms with Crippen molar-refractivity contribution in [1.29, 1.82) is 0 Å². The number of hydrogen-bond donors (Lipinski definition) is 2. The van der Waals surface area contributed by atoms with Gasteiger partial charge in [-0.2, -0.15) is 4.80 Å². The Hall–Kier alpha value is -2.77. The first-order chi connectivity index (χ1) is 11.5. The number of benzene rings is 2. The lowest BCUT2D eigenvalue weighted by Crippen LogP contribution is -2.12. The zero-order valence-corrected chi connectivity index (χ0v) is 13.3. The van der Waals surface area contributed by atoms with Crippen LogP contribution in [-0.2, 0) is 6.54 Å². The van der Waals surface area contributed by atoms with Crippen LogP contribution in [0, 0.1) is 0 Å². The molecule has 0 fully saturated rings. The number of aliphatic hydroxyl groups excluding tert-OH is 1. The highest BCUT2D eigenvalue weighted by Gasteiger charge is 2.14. The Morgan fingerprint density at radius 1 is 1.21 bits per heavy atom. The number of amides is 1. The number of halogens is 1. The van der Waals surface area contributed by atoms with Gasteiger partial charge >= 0.3 is 0 Å². The first kappa shape index (κ1) is 16.1. The van der Waals surface area contributed by atoms with E-state index >= 15 is 0 Å². The predicted octanol–water partition coefficient (Wildman–Crippen LogP) is 1.83. The number of nitrogens with zero attached hydrogens (tertiary/aromatic N) is 4. The molecule has 8 heteroatoms. The van der Waals surface area contributed by atoms with Gasteiger partial charge in [0.25, 0.3) is 0 Å². The zero-order valence-electron chi connectivity index (χ0n) is 12.5. The lowest BCUT2D eigenvalue weighted by Gasteiger charge is -2.11. The van der Waals surface area contributed by atoms with Crippen molar-refractivity contribution in [2.24, 2.45) is 5.73 Å². The number of hydrogen-bond acceptors (Lipinski definition) is 5. The second-order valence-electron chi connectivity index (χ2n) is 5.15. The van der Waals surface area contributed by atoms with Crippen LogP contribution in [-0.4, -0.2) is 31.2 Å². The van der Waals surface area contributed by atoms with Gasteiger partial charge in [-0.1, -0.05) is 41.9 Å².